The van der Waals surface area contributed by atoms with E-state index < -0.39 is 0 Å². The summed E-state index contributed by atoms with van der Waals surface area (Å²) in [6, 6.07) is 0. The first-order valence-corrected chi connectivity index (χ1v) is 10.0. The van der Waals surface area contributed by atoms with Crippen LogP contribution in [0.4, 0.5) is 0 Å². The van der Waals surface area contributed by atoms with Crippen molar-refractivity contribution in [3.05, 3.63) is 18.0 Å². The molecule has 0 radical (unpaired) electrons. The molecule has 3 heterocycles. The minimum Gasteiger partial charge on any atom is -0.355 e. The monoisotopic (exact) mass is 375 g/mol. The molecular formula is C20H33N5O2. The Hall–Kier alpha value is -1.89. The second kappa shape index (κ2) is 8.00. The zero-order valence-corrected chi connectivity index (χ0v) is 17.0. The topological polar surface area (TPSA) is 79.3 Å². The van der Waals surface area contributed by atoms with Crippen LogP contribution in [-0.4, -0.2) is 59.2 Å². The lowest BCUT2D eigenvalue weighted by Gasteiger charge is -2.35. The van der Waals surface area contributed by atoms with Gasteiger partial charge in [-0.25, -0.2) is 0 Å². The van der Waals surface area contributed by atoms with Gasteiger partial charge in [-0.1, -0.05) is 20.8 Å². The molecule has 0 spiro atoms. The number of carbonyl (C=O) groups excluding carboxylic acids is 2. The second-order valence-corrected chi connectivity index (χ2v) is 9.07. The quantitative estimate of drug-likeness (QED) is 0.827. The van der Waals surface area contributed by atoms with E-state index in [0.29, 0.717) is 12.5 Å². The fraction of sp³-hybridized carbons (Fsp3) is 0.750. The van der Waals surface area contributed by atoms with Gasteiger partial charge in [0.15, 0.2) is 0 Å². The molecule has 1 aromatic rings. The van der Waals surface area contributed by atoms with Gasteiger partial charge in [0.2, 0.25) is 11.8 Å². The molecule has 2 aliphatic heterocycles. The SMILES string of the molecule is Cn1cc([C@H]2CNC[C@@H]2C(=O)N2CCCC(CNC(=O)C(C)(C)C)C2)cn1. The molecule has 0 bridgehead atoms. The molecule has 2 amide bonds. The molecule has 2 N–H and O–H groups in total. The smallest absolute Gasteiger partial charge is 0.227 e. The molecule has 1 unspecified atom stereocenters. The van der Waals surface area contributed by atoms with Crippen LogP contribution in [0.25, 0.3) is 0 Å². The third kappa shape index (κ3) is 4.69. The molecule has 7 nitrogen and oxygen atoms in total. The molecule has 0 aromatic carbocycles. The largest absolute Gasteiger partial charge is 0.355 e. The van der Waals surface area contributed by atoms with E-state index in [2.05, 4.69) is 15.7 Å². The first kappa shape index (κ1) is 19.9. The Kier molecular flexibility index (Phi) is 5.89. The minimum absolute atomic E-state index is 0.0304. The third-order valence-corrected chi connectivity index (χ3v) is 5.75. The number of likely N-dealkylation sites (tertiary alicyclic amines) is 1. The molecule has 0 aliphatic carbocycles. The van der Waals surface area contributed by atoms with E-state index in [4.69, 9.17) is 0 Å². The highest BCUT2D eigenvalue weighted by Gasteiger charge is 2.38. The zero-order valence-electron chi connectivity index (χ0n) is 17.0. The summed E-state index contributed by atoms with van der Waals surface area (Å²) in [4.78, 5) is 27.3. The van der Waals surface area contributed by atoms with E-state index in [9.17, 15) is 9.59 Å². The van der Waals surface area contributed by atoms with Crippen LogP contribution in [0, 0.1) is 17.3 Å². The van der Waals surface area contributed by atoms with Gasteiger partial charge in [-0.15, -0.1) is 0 Å². The highest BCUT2D eigenvalue weighted by atomic mass is 16.2. The van der Waals surface area contributed by atoms with Crippen molar-refractivity contribution in [1.29, 1.82) is 0 Å². The Morgan fingerprint density at radius 2 is 2.11 bits per heavy atom. The summed E-state index contributed by atoms with van der Waals surface area (Å²) in [5.41, 5.74) is 0.753. The summed E-state index contributed by atoms with van der Waals surface area (Å²) >= 11 is 0. The Balaban J connectivity index is 1.58. The average molecular weight is 376 g/mol. The molecule has 7 heteroatoms. The van der Waals surface area contributed by atoms with Crippen molar-refractivity contribution >= 4 is 11.8 Å². The van der Waals surface area contributed by atoms with Gasteiger partial charge in [0.25, 0.3) is 0 Å². The average Bonchev–Trinajstić information content (AvgIpc) is 3.27. The van der Waals surface area contributed by atoms with Crippen LogP contribution in [0.2, 0.25) is 0 Å². The van der Waals surface area contributed by atoms with Crippen molar-refractivity contribution in [2.45, 2.75) is 39.5 Å². The molecular weight excluding hydrogens is 342 g/mol. The van der Waals surface area contributed by atoms with Crippen molar-refractivity contribution in [3.63, 3.8) is 0 Å². The second-order valence-electron chi connectivity index (χ2n) is 9.07. The van der Waals surface area contributed by atoms with Crippen LogP contribution >= 0.6 is 0 Å². The molecule has 150 valence electrons. The standard InChI is InChI=1S/C20H33N5O2/c1-20(2,3)19(27)22-8-14-6-5-7-25(12-14)18(26)17-11-21-10-16(17)15-9-23-24(4)13-15/h9,13-14,16-17,21H,5-8,10-12H2,1-4H3,(H,22,27)/t14?,16-,17+/m1/s1. The van der Waals surface area contributed by atoms with Gasteiger partial charge in [-0.05, 0) is 24.3 Å². The highest BCUT2D eigenvalue weighted by molar-refractivity contribution is 5.81. The van der Waals surface area contributed by atoms with Gasteiger partial charge in [-0.2, -0.15) is 5.10 Å². The number of nitrogens with one attached hydrogen (secondary N) is 2. The Labute approximate surface area is 161 Å². The predicted octanol–water partition coefficient (Wildman–Crippen LogP) is 1.12. The third-order valence-electron chi connectivity index (χ3n) is 5.75. The highest BCUT2D eigenvalue weighted by Crippen LogP contribution is 2.30. The Morgan fingerprint density at radius 3 is 2.78 bits per heavy atom. The molecule has 27 heavy (non-hydrogen) atoms. The molecule has 1 aromatic heterocycles. The van der Waals surface area contributed by atoms with Crippen LogP contribution in [0.1, 0.15) is 45.1 Å². The van der Waals surface area contributed by atoms with E-state index in [1.807, 2.05) is 45.1 Å². The van der Waals surface area contributed by atoms with E-state index in [-0.39, 0.29) is 29.1 Å². The number of aromatic nitrogens is 2. The lowest BCUT2D eigenvalue weighted by Crippen LogP contribution is -2.47. The van der Waals surface area contributed by atoms with E-state index in [0.717, 1.165) is 44.6 Å². The number of nitrogens with zero attached hydrogens (tertiary/aromatic N) is 3. The molecule has 0 saturated carbocycles. The predicted molar refractivity (Wildman–Crippen MR) is 104 cm³/mol. The number of amides is 2. The maximum absolute atomic E-state index is 13.2. The fourth-order valence-electron chi connectivity index (χ4n) is 4.09. The maximum Gasteiger partial charge on any atom is 0.227 e. The van der Waals surface area contributed by atoms with Crippen molar-refractivity contribution in [1.82, 2.24) is 25.3 Å². The van der Waals surface area contributed by atoms with Gasteiger partial charge in [-0.3, -0.25) is 14.3 Å². The number of rotatable bonds is 4. The van der Waals surface area contributed by atoms with Crippen LogP contribution in [-0.2, 0) is 16.6 Å². The Morgan fingerprint density at radius 1 is 1.33 bits per heavy atom. The lowest BCUT2D eigenvalue weighted by atomic mass is 9.88. The summed E-state index contributed by atoms with van der Waals surface area (Å²) in [7, 11) is 1.91. The van der Waals surface area contributed by atoms with Crippen LogP contribution < -0.4 is 10.6 Å². The summed E-state index contributed by atoms with van der Waals surface area (Å²) in [6.45, 7) is 9.51. The van der Waals surface area contributed by atoms with Gasteiger partial charge in [0.1, 0.15) is 0 Å². The summed E-state index contributed by atoms with van der Waals surface area (Å²) in [6.07, 6.45) is 5.95. The van der Waals surface area contributed by atoms with Crippen LogP contribution in [0.15, 0.2) is 12.4 Å². The summed E-state index contributed by atoms with van der Waals surface area (Å²) < 4.78 is 1.80. The van der Waals surface area contributed by atoms with E-state index >= 15 is 0 Å². The lowest BCUT2D eigenvalue weighted by molar-refractivity contribution is -0.137. The fourth-order valence-corrected chi connectivity index (χ4v) is 4.09. The maximum atomic E-state index is 13.2. The molecule has 2 saturated heterocycles. The number of aryl methyl sites for hydroxylation is 1. The van der Waals surface area contributed by atoms with Crippen molar-refractivity contribution in [2.75, 3.05) is 32.7 Å². The van der Waals surface area contributed by atoms with Gasteiger partial charge < -0.3 is 15.5 Å². The summed E-state index contributed by atoms with van der Waals surface area (Å²) in [5.74, 6) is 0.799. The normalized spacial score (nSPS) is 26.2. The summed E-state index contributed by atoms with van der Waals surface area (Å²) in [5, 5.41) is 10.7. The number of piperidine rings is 1. The molecule has 3 rings (SSSR count). The van der Waals surface area contributed by atoms with Crippen molar-refractivity contribution < 1.29 is 9.59 Å². The number of carbonyl (C=O) groups is 2. The molecule has 2 fully saturated rings. The number of hydrogen-bond donors (Lipinski definition) is 2. The zero-order chi connectivity index (χ0) is 19.6. The van der Waals surface area contributed by atoms with Crippen molar-refractivity contribution in [3.8, 4) is 0 Å². The van der Waals surface area contributed by atoms with E-state index in [1.54, 1.807) is 4.68 Å². The van der Waals surface area contributed by atoms with Crippen LogP contribution in [0.5, 0.6) is 0 Å². The minimum atomic E-state index is -0.378. The first-order valence-electron chi connectivity index (χ1n) is 10.0. The van der Waals surface area contributed by atoms with Crippen molar-refractivity contribution in [2.24, 2.45) is 24.3 Å². The van der Waals surface area contributed by atoms with Gasteiger partial charge >= 0.3 is 0 Å². The van der Waals surface area contributed by atoms with E-state index in [1.165, 1.54) is 0 Å². The molecule has 3 atom stereocenters. The Bertz CT molecular complexity index is 678. The van der Waals surface area contributed by atoms with Gasteiger partial charge in [0, 0.05) is 57.3 Å². The first-order chi connectivity index (χ1) is 12.8. The van der Waals surface area contributed by atoms with Crippen LogP contribution in [0.3, 0.4) is 0 Å². The molecule has 2 aliphatic rings. The number of hydrogen-bond acceptors (Lipinski definition) is 4. The van der Waals surface area contributed by atoms with Gasteiger partial charge in [0.05, 0.1) is 12.1 Å².